The summed E-state index contributed by atoms with van der Waals surface area (Å²) in [6, 6.07) is 4.09. The van der Waals surface area contributed by atoms with Gasteiger partial charge < -0.3 is 10.6 Å². The molecule has 1 atom stereocenters. The monoisotopic (exact) mass is 358 g/mol. The molecule has 0 saturated heterocycles. The van der Waals surface area contributed by atoms with Crippen LogP contribution >= 0.6 is 27.5 Å². The normalized spacial score (nSPS) is 12.9. The zero-order chi connectivity index (χ0) is 14.6. The summed E-state index contributed by atoms with van der Waals surface area (Å²) in [5, 5.41) is 5.00. The topological polar surface area (TPSA) is 41.1 Å². The SMILES string of the molecule is CC(Nc1ccc(Br)c(Cl)c1)C(=O)NCC(F)(F)F. The fourth-order valence-electron chi connectivity index (χ4n) is 1.24. The number of hydrogen-bond donors (Lipinski definition) is 2. The summed E-state index contributed by atoms with van der Waals surface area (Å²) in [4.78, 5) is 11.4. The maximum Gasteiger partial charge on any atom is 0.405 e. The number of carbonyl (C=O) groups is 1. The van der Waals surface area contributed by atoms with Gasteiger partial charge in [-0.15, -0.1) is 0 Å². The molecule has 0 spiro atoms. The maximum atomic E-state index is 11.9. The first-order valence-electron chi connectivity index (χ1n) is 5.25. The highest BCUT2D eigenvalue weighted by molar-refractivity contribution is 9.10. The summed E-state index contributed by atoms with van der Waals surface area (Å²) in [6.45, 7) is 0.112. The Morgan fingerprint density at radius 3 is 2.63 bits per heavy atom. The van der Waals surface area contributed by atoms with Crippen molar-refractivity contribution in [2.45, 2.75) is 19.1 Å². The number of benzene rings is 1. The van der Waals surface area contributed by atoms with Crippen LogP contribution in [0.4, 0.5) is 18.9 Å². The van der Waals surface area contributed by atoms with Gasteiger partial charge in [-0.3, -0.25) is 4.79 Å². The van der Waals surface area contributed by atoms with Crippen molar-refractivity contribution in [1.82, 2.24) is 5.32 Å². The molecule has 106 valence electrons. The number of nitrogens with one attached hydrogen (secondary N) is 2. The Bertz CT molecular complexity index is 468. The number of rotatable bonds is 4. The molecule has 0 aliphatic rings. The van der Waals surface area contributed by atoms with Gasteiger partial charge in [-0.1, -0.05) is 11.6 Å². The van der Waals surface area contributed by atoms with Gasteiger partial charge in [0, 0.05) is 10.2 Å². The minimum atomic E-state index is -4.42. The van der Waals surface area contributed by atoms with Crippen molar-refractivity contribution in [2.75, 3.05) is 11.9 Å². The van der Waals surface area contributed by atoms with Crippen LogP contribution in [0, 0.1) is 0 Å². The molecule has 19 heavy (non-hydrogen) atoms. The summed E-state index contributed by atoms with van der Waals surface area (Å²) in [5.74, 6) is -0.739. The van der Waals surface area contributed by atoms with Gasteiger partial charge >= 0.3 is 6.18 Å². The highest BCUT2D eigenvalue weighted by atomic mass is 79.9. The molecule has 1 unspecified atom stereocenters. The van der Waals surface area contributed by atoms with Gasteiger partial charge in [-0.2, -0.15) is 13.2 Å². The fraction of sp³-hybridized carbons (Fsp3) is 0.364. The molecule has 1 aromatic carbocycles. The van der Waals surface area contributed by atoms with Gasteiger partial charge in [0.1, 0.15) is 12.6 Å². The molecular weight excluding hydrogens is 348 g/mol. The summed E-state index contributed by atoms with van der Waals surface area (Å²) >= 11 is 9.07. The molecule has 0 radical (unpaired) electrons. The first-order valence-corrected chi connectivity index (χ1v) is 6.42. The molecule has 0 saturated carbocycles. The van der Waals surface area contributed by atoms with Gasteiger partial charge in [-0.25, -0.2) is 0 Å². The van der Waals surface area contributed by atoms with E-state index in [1.54, 1.807) is 23.5 Å². The lowest BCUT2D eigenvalue weighted by Crippen LogP contribution is -2.42. The van der Waals surface area contributed by atoms with Crippen LogP contribution in [0.15, 0.2) is 22.7 Å². The second kappa shape index (κ2) is 6.47. The predicted molar refractivity (Wildman–Crippen MR) is 71.3 cm³/mol. The highest BCUT2D eigenvalue weighted by Crippen LogP contribution is 2.25. The van der Waals surface area contributed by atoms with Crippen molar-refractivity contribution in [3.8, 4) is 0 Å². The van der Waals surface area contributed by atoms with Crippen molar-refractivity contribution >= 4 is 39.1 Å². The molecule has 0 fully saturated rings. The van der Waals surface area contributed by atoms with Crippen molar-refractivity contribution in [2.24, 2.45) is 0 Å². The summed E-state index contributed by atoms with van der Waals surface area (Å²) < 4.78 is 36.5. The van der Waals surface area contributed by atoms with E-state index in [4.69, 9.17) is 11.6 Å². The minimum Gasteiger partial charge on any atom is -0.374 e. The van der Waals surface area contributed by atoms with E-state index in [0.717, 1.165) is 0 Å². The average Bonchev–Trinajstić information content (AvgIpc) is 2.29. The van der Waals surface area contributed by atoms with E-state index in [9.17, 15) is 18.0 Å². The highest BCUT2D eigenvalue weighted by Gasteiger charge is 2.28. The number of alkyl halides is 3. The van der Waals surface area contributed by atoms with E-state index in [2.05, 4.69) is 21.2 Å². The van der Waals surface area contributed by atoms with Crippen LogP contribution in [0.1, 0.15) is 6.92 Å². The lowest BCUT2D eigenvalue weighted by atomic mass is 10.2. The standard InChI is InChI=1S/C11H11BrClF3N2O/c1-6(10(19)17-5-11(14,15)16)18-7-2-3-8(12)9(13)4-7/h2-4,6,18H,5H2,1H3,(H,17,19). The number of hydrogen-bond acceptors (Lipinski definition) is 2. The largest absolute Gasteiger partial charge is 0.405 e. The molecule has 0 aliphatic heterocycles. The molecule has 0 aliphatic carbocycles. The smallest absolute Gasteiger partial charge is 0.374 e. The Hall–Kier alpha value is -0.950. The second-order valence-electron chi connectivity index (χ2n) is 3.83. The van der Waals surface area contributed by atoms with Gasteiger partial charge in [0.15, 0.2) is 0 Å². The molecule has 3 nitrogen and oxygen atoms in total. The molecule has 0 aromatic heterocycles. The Labute approximate surface area is 121 Å². The zero-order valence-electron chi connectivity index (χ0n) is 9.81. The Morgan fingerprint density at radius 1 is 1.47 bits per heavy atom. The summed E-state index contributed by atoms with van der Waals surface area (Å²) in [6.07, 6.45) is -4.42. The Balaban J connectivity index is 2.56. The fourth-order valence-corrected chi connectivity index (χ4v) is 1.67. The molecular formula is C11H11BrClF3N2O. The third-order valence-corrected chi connectivity index (χ3v) is 3.39. The van der Waals surface area contributed by atoms with Gasteiger partial charge in [0.25, 0.3) is 0 Å². The molecule has 1 aromatic rings. The number of carbonyl (C=O) groups excluding carboxylic acids is 1. The van der Waals surface area contributed by atoms with Crippen LogP contribution in [0.5, 0.6) is 0 Å². The average molecular weight is 360 g/mol. The van der Waals surface area contributed by atoms with Crippen LogP contribution in [0.3, 0.4) is 0 Å². The van der Waals surface area contributed by atoms with E-state index in [1.165, 1.54) is 6.92 Å². The van der Waals surface area contributed by atoms with Crippen molar-refractivity contribution in [1.29, 1.82) is 0 Å². The van der Waals surface area contributed by atoms with E-state index < -0.39 is 24.7 Å². The van der Waals surface area contributed by atoms with Crippen molar-refractivity contribution < 1.29 is 18.0 Å². The third kappa shape index (κ3) is 5.69. The Morgan fingerprint density at radius 2 is 2.11 bits per heavy atom. The summed E-state index contributed by atoms with van der Waals surface area (Å²) in [5.41, 5.74) is 0.544. The summed E-state index contributed by atoms with van der Waals surface area (Å²) in [7, 11) is 0. The number of anilines is 1. The zero-order valence-corrected chi connectivity index (χ0v) is 12.2. The van der Waals surface area contributed by atoms with Gasteiger partial charge in [0.05, 0.1) is 5.02 Å². The van der Waals surface area contributed by atoms with Crippen LogP contribution in [0.2, 0.25) is 5.02 Å². The van der Waals surface area contributed by atoms with E-state index >= 15 is 0 Å². The molecule has 1 rings (SSSR count). The van der Waals surface area contributed by atoms with Crippen LogP contribution in [-0.2, 0) is 4.79 Å². The third-order valence-electron chi connectivity index (χ3n) is 2.16. The van der Waals surface area contributed by atoms with Crippen molar-refractivity contribution in [3.05, 3.63) is 27.7 Å². The lowest BCUT2D eigenvalue weighted by molar-refractivity contribution is -0.138. The maximum absolute atomic E-state index is 11.9. The quantitative estimate of drug-likeness (QED) is 0.863. The number of amides is 1. The molecule has 0 heterocycles. The van der Waals surface area contributed by atoms with E-state index in [-0.39, 0.29) is 0 Å². The Kier molecular flexibility index (Phi) is 5.49. The molecule has 2 N–H and O–H groups in total. The van der Waals surface area contributed by atoms with Crippen LogP contribution in [0.25, 0.3) is 0 Å². The second-order valence-corrected chi connectivity index (χ2v) is 5.09. The number of halogens is 5. The molecule has 8 heteroatoms. The van der Waals surface area contributed by atoms with Gasteiger partial charge in [0.2, 0.25) is 5.91 Å². The van der Waals surface area contributed by atoms with E-state index in [1.807, 2.05) is 0 Å². The van der Waals surface area contributed by atoms with Crippen LogP contribution < -0.4 is 10.6 Å². The van der Waals surface area contributed by atoms with Crippen LogP contribution in [-0.4, -0.2) is 24.7 Å². The lowest BCUT2D eigenvalue weighted by Gasteiger charge is -2.16. The minimum absolute atomic E-state index is 0.438. The molecule has 0 bridgehead atoms. The van der Waals surface area contributed by atoms with Crippen molar-refractivity contribution in [3.63, 3.8) is 0 Å². The molecule has 1 amide bonds. The first kappa shape index (κ1) is 16.1. The first-order chi connectivity index (χ1) is 8.69. The van der Waals surface area contributed by atoms with E-state index in [0.29, 0.717) is 15.2 Å². The predicted octanol–water partition coefficient (Wildman–Crippen LogP) is 3.58. The van der Waals surface area contributed by atoms with Gasteiger partial charge in [-0.05, 0) is 41.1 Å².